The van der Waals surface area contributed by atoms with E-state index in [9.17, 15) is 10.1 Å². The monoisotopic (exact) mass is 532 g/mol. The number of para-hydroxylation sites is 2. The van der Waals surface area contributed by atoms with Gasteiger partial charge in [0.15, 0.2) is 16.7 Å². The molecule has 0 aliphatic rings. The van der Waals surface area contributed by atoms with Gasteiger partial charge in [-0.25, -0.2) is 14.6 Å². The van der Waals surface area contributed by atoms with Crippen LogP contribution in [0.4, 0.5) is 40.3 Å². The Balaban J connectivity index is 1.85. The van der Waals surface area contributed by atoms with E-state index < -0.39 is 12.5 Å². The smallest absolute Gasteiger partial charge is 0.457 e. The third-order valence-corrected chi connectivity index (χ3v) is 5.44. The second kappa shape index (κ2) is 12.4. The molecule has 0 atom stereocenters. The summed E-state index contributed by atoms with van der Waals surface area (Å²) >= 11 is 0. The molecule has 0 spiro atoms. The summed E-state index contributed by atoms with van der Waals surface area (Å²) in [7, 11) is 0. The molecule has 13 nitrogen and oxygen atoms in total. The fourth-order valence-electron chi connectivity index (χ4n) is 3.64. The number of hydrogen-bond donors (Lipinski definition) is 2. The highest BCUT2D eigenvalue weighted by atomic mass is 16.5. The minimum absolute atomic E-state index is 0.135. The number of carbonyl (C=O) groups excluding carboxylic acids is 1. The number of nitrogens with zero attached hydrogens (tertiary/aromatic N) is 9. The first-order valence-electron chi connectivity index (χ1n) is 11.9. The van der Waals surface area contributed by atoms with E-state index in [-0.39, 0.29) is 29.8 Å². The van der Waals surface area contributed by atoms with Gasteiger partial charge in [-0.3, -0.25) is 0 Å². The average molecular weight is 533 g/mol. The highest BCUT2D eigenvalue weighted by Gasteiger charge is 2.32. The Morgan fingerprint density at radius 2 is 1.68 bits per heavy atom. The van der Waals surface area contributed by atoms with Gasteiger partial charge in [0.1, 0.15) is 11.5 Å². The highest BCUT2D eigenvalue weighted by molar-refractivity contribution is 5.85. The number of hydrogen-bond acceptors (Lipinski definition) is 9. The van der Waals surface area contributed by atoms with E-state index >= 15 is 0 Å². The van der Waals surface area contributed by atoms with Gasteiger partial charge in [0, 0.05) is 16.1 Å². The largest absolute Gasteiger partial charge is 0.461 e. The first-order chi connectivity index (χ1) is 19.5. The Bertz CT molecular complexity index is 1690. The van der Waals surface area contributed by atoms with Crippen LogP contribution in [0.15, 0.2) is 70.9 Å². The Kier molecular flexibility index (Phi) is 8.35. The normalized spacial score (nSPS) is 10.4. The van der Waals surface area contributed by atoms with E-state index in [1.54, 1.807) is 19.9 Å². The summed E-state index contributed by atoms with van der Waals surface area (Å²) in [5, 5.41) is 24.3. The summed E-state index contributed by atoms with van der Waals surface area (Å²) < 4.78 is 6.07. The summed E-state index contributed by atoms with van der Waals surface area (Å²) in [4.78, 5) is 28.7. The van der Waals surface area contributed by atoms with Crippen LogP contribution in [0.3, 0.4) is 0 Å². The molecule has 4 rings (SSSR count). The molecular weight excluding hydrogens is 510 g/mol. The van der Waals surface area contributed by atoms with Crippen LogP contribution in [-0.4, -0.2) is 27.3 Å². The first-order valence-corrected chi connectivity index (χ1v) is 11.9. The van der Waals surface area contributed by atoms with Crippen LogP contribution in [-0.2, 0) is 16.1 Å². The number of aromatic nitrogens is 4. The van der Waals surface area contributed by atoms with Gasteiger partial charge in [-0.15, -0.1) is 10.1 Å². The number of esters is 1. The maximum Gasteiger partial charge on any atom is 0.457 e. The van der Waals surface area contributed by atoms with Gasteiger partial charge < -0.3 is 15.4 Å². The topological polar surface area (TPSA) is 142 Å². The summed E-state index contributed by atoms with van der Waals surface area (Å²) in [5.41, 5.74) is 2.38. The molecule has 0 radical (unpaired) electrons. The second-order valence-electron chi connectivity index (χ2n) is 8.02. The Hall–Kier alpha value is -6.13. The quantitative estimate of drug-likeness (QED) is 0.126. The molecule has 0 saturated heterocycles. The van der Waals surface area contributed by atoms with Gasteiger partial charge in [-0.05, 0) is 43.7 Å². The van der Waals surface area contributed by atoms with Gasteiger partial charge in [0.25, 0.3) is 6.54 Å². The fourth-order valence-corrected chi connectivity index (χ4v) is 3.64. The van der Waals surface area contributed by atoms with E-state index in [4.69, 9.17) is 17.9 Å². The molecule has 0 bridgehead atoms. The van der Waals surface area contributed by atoms with Gasteiger partial charge in [0.05, 0.1) is 13.2 Å². The minimum atomic E-state index is -0.644. The van der Waals surface area contributed by atoms with E-state index in [0.29, 0.717) is 22.9 Å². The Morgan fingerprint density at radius 1 is 1.05 bits per heavy atom. The third kappa shape index (κ3) is 5.88. The van der Waals surface area contributed by atoms with Crippen LogP contribution in [0.2, 0.25) is 0 Å². The minimum Gasteiger partial charge on any atom is -0.461 e. The van der Waals surface area contributed by atoms with Crippen LogP contribution in [0.5, 0.6) is 0 Å². The molecule has 13 heteroatoms. The predicted octanol–water partition coefficient (Wildman–Crippen LogP) is 5.44. The zero-order chi connectivity index (χ0) is 28.5. The molecule has 196 valence electrons. The zero-order valence-electron chi connectivity index (χ0n) is 21.5. The lowest BCUT2D eigenvalue weighted by atomic mass is 10.1. The molecule has 40 heavy (non-hydrogen) atoms. The number of pyridine rings is 1. The lowest BCUT2D eigenvalue weighted by Gasteiger charge is -2.15. The van der Waals surface area contributed by atoms with Crippen molar-refractivity contribution in [2.24, 2.45) is 10.2 Å². The van der Waals surface area contributed by atoms with Crippen LogP contribution >= 0.6 is 0 Å². The van der Waals surface area contributed by atoms with Crippen molar-refractivity contribution in [1.82, 2.24) is 14.8 Å². The summed E-state index contributed by atoms with van der Waals surface area (Å²) in [6, 6.07) is 20.4. The van der Waals surface area contributed by atoms with Gasteiger partial charge in [-0.2, -0.15) is 11.8 Å². The molecule has 0 aliphatic carbocycles. The standard InChI is InChI=1S/C27H21N11O2/c1-5-40-22(39)17-37-27(33-21(16-28)38(37)30-4)36-35-24-18(2)23(29-3)25(31-19-12-8-6-9-13-19)34-26(24)32-20-14-10-7-11-15-20/h6-15H,5,17H2,1-2H3,(H,31,32,34)/p+1. The predicted molar refractivity (Wildman–Crippen MR) is 145 cm³/mol. The molecule has 2 N–H and O–H groups in total. The van der Waals surface area contributed by atoms with Crippen molar-refractivity contribution in [3.63, 3.8) is 0 Å². The van der Waals surface area contributed by atoms with Crippen molar-refractivity contribution in [3.05, 3.63) is 95.0 Å². The number of azo groups is 1. The SMILES string of the molecule is [C-]#[N+]c1c(Nc2ccccc2)nc(Nc2ccccc2)c(N=Nc2nc(C#N)n([N+]#[C-])[n+]2CC(=O)OCC)c1C. The maximum atomic E-state index is 12.2. The third-order valence-electron chi connectivity index (χ3n) is 5.44. The number of carbonyl (C=O) groups is 1. The van der Waals surface area contributed by atoms with Gasteiger partial charge >= 0.3 is 17.7 Å². The molecule has 0 unspecified atom stereocenters. The summed E-state index contributed by atoms with van der Waals surface area (Å²) in [5.74, 6) is -0.497. The van der Waals surface area contributed by atoms with Crippen LogP contribution in [0.1, 0.15) is 18.3 Å². The number of nitrogens with one attached hydrogen (secondary N) is 2. The van der Waals surface area contributed by atoms with Gasteiger partial charge in [0.2, 0.25) is 5.69 Å². The van der Waals surface area contributed by atoms with Crippen molar-refractivity contribution in [3.8, 4) is 6.07 Å². The molecule has 0 amide bonds. The maximum absolute atomic E-state index is 12.2. The first kappa shape index (κ1) is 26.9. The highest BCUT2D eigenvalue weighted by Crippen LogP contribution is 2.41. The fraction of sp³-hybridized carbons (Fsp3) is 0.148. The lowest BCUT2D eigenvalue weighted by Crippen LogP contribution is -2.45. The summed E-state index contributed by atoms with van der Waals surface area (Å²) in [6.07, 6.45) is 0. The van der Waals surface area contributed by atoms with E-state index in [1.165, 1.54) is 0 Å². The average Bonchev–Trinajstić information content (AvgIpc) is 3.30. The van der Waals surface area contributed by atoms with Crippen molar-refractivity contribution in [2.75, 3.05) is 17.2 Å². The van der Waals surface area contributed by atoms with Crippen LogP contribution < -0.4 is 15.3 Å². The number of benzene rings is 2. The molecule has 0 aliphatic heterocycles. The number of ether oxygens (including phenoxy) is 1. The Morgan fingerprint density at radius 3 is 2.23 bits per heavy atom. The molecule has 2 aromatic heterocycles. The van der Waals surface area contributed by atoms with E-state index in [2.05, 4.69) is 40.6 Å². The van der Waals surface area contributed by atoms with E-state index in [1.807, 2.05) is 60.7 Å². The van der Waals surface area contributed by atoms with Crippen molar-refractivity contribution in [1.29, 1.82) is 5.26 Å². The molecule has 0 saturated carbocycles. The summed E-state index contributed by atoms with van der Waals surface area (Å²) in [6.45, 7) is 18.3. The van der Waals surface area contributed by atoms with Crippen LogP contribution in [0, 0.1) is 31.4 Å². The molecule has 4 aromatic rings. The van der Waals surface area contributed by atoms with E-state index in [0.717, 1.165) is 15.2 Å². The molecule has 2 heterocycles. The van der Waals surface area contributed by atoms with Crippen molar-refractivity contribution < 1.29 is 14.2 Å². The molecular formula is C27H22N11O2+. The van der Waals surface area contributed by atoms with Gasteiger partial charge in [-0.1, -0.05) is 46.5 Å². The van der Waals surface area contributed by atoms with Crippen molar-refractivity contribution in [2.45, 2.75) is 20.4 Å². The number of anilines is 4. The molecule has 0 fully saturated rings. The number of rotatable bonds is 9. The molecule has 2 aromatic carbocycles. The van der Waals surface area contributed by atoms with Crippen molar-refractivity contribution >= 4 is 46.3 Å². The zero-order valence-corrected chi connectivity index (χ0v) is 21.5. The van der Waals surface area contributed by atoms with Crippen LogP contribution in [0.25, 0.3) is 9.80 Å². The number of nitriles is 1. The second-order valence-corrected chi connectivity index (χ2v) is 8.02. The Labute approximate surface area is 229 Å². The lowest BCUT2D eigenvalue weighted by molar-refractivity contribution is -0.747.